The molecule has 12 heteroatoms. The smallest absolute Gasteiger partial charge is 0.422 e. The van der Waals surface area contributed by atoms with Crippen LogP contribution in [0.4, 0.5) is 9.59 Å². The Labute approximate surface area is 192 Å². The Balaban J connectivity index is 1.81. The second-order valence-corrected chi connectivity index (χ2v) is 10.1. The zero-order chi connectivity index (χ0) is 24.6. The van der Waals surface area contributed by atoms with E-state index in [1.807, 2.05) is 0 Å². The fourth-order valence-electron chi connectivity index (χ4n) is 2.30. The van der Waals surface area contributed by atoms with Crippen molar-refractivity contribution >= 4 is 32.2 Å². The van der Waals surface area contributed by atoms with Gasteiger partial charge in [0.05, 0.1) is 9.79 Å². The highest BCUT2D eigenvalue weighted by atomic mass is 32.2. The van der Waals surface area contributed by atoms with Crippen LogP contribution in [-0.4, -0.2) is 41.7 Å². The standard InChI is InChI=1S/C21H22N2O8S2/c1-15-6-10-18(11-7-15)32(26,27)22-20(24)30-14-4-5-17(3)31-21(25)23-33(28,29)19-12-8-16(2)9-13-19/h6-13,17H,14H2,1-3H3,(H,22,24)(H,23,25). The van der Waals surface area contributed by atoms with Crippen molar-refractivity contribution in [3.8, 4) is 11.8 Å². The number of rotatable bonds is 6. The van der Waals surface area contributed by atoms with Crippen LogP contribution in [0.2, 0.25) is 0 Å². The van der Waals surface area contributed by atoms with Crippen LogP contribution in [0.1, 0.15) is 18.1 Å². The predicted molar refractivity (Wildman–Crippen MR) is 118 cm³/mol. The van der Waals surface area contributed by atoms with Crippen molar-refractivity contribution < 1.29 is 35.9 Å². The summed E-state index contributed by atoms with van der Waals surface area (Å²) in [5, 5.41) is 0. The minimum absolute atomic E-state index is 0.107. The number of nitrogens with one attached hydrogen (secondary N) is 2. The molecule has 33 heavy (non-hydrogen) atoms. The minimum atomic E-state index is -4.11. The van der Waals surface area contributed by atoms with Gasteiger partial charge in [-0.1, -0.05) is 47.2 Å². The van der Waals surface area contributed by atoms with Crippen LogP contribution in [0.15, 0.2) is 58.3 Å². The average Bonchev–Trinajstić information content (AvgIpc) is 2.71. The first kappa shape index (κ1) is 25.7. The van der Waals surface area contributed by atoms with Gasteiger partial charge in [-0.2, -0.15) is 0 Å². The maximum atomic E-state index is 12.1. The Morgan fingerprint density at radius 3 is 1.70 bits per heavy atom. The molecular weight excluding hydrogens is 472 g/mol. The van der Waals surface area contributed by atoms with Crippen molar-refractivity contribution in [3.05, 3.63) is 59.7 Å². The Hall–Kier alpha value is -3.56. The molecule has 0 aliphatic rings. The highest BCUT2D eigenvalue weighted by Crippen LogP contribution is 2.11. The van der Waals surface area contributed by atoms with E-state index < -0.39 is 44.9 Å². The monoisotopic (exact) mass is 494 g/mol. The molecule has 0 aliphatic carbocycles. The van der Waals surface area contributed by atoms with Crippen LogP contribution in [0.25, 0.3) is 0 Å². The van der Waals surface area contributed by atoms with Gasteiger partial charge in [-0.25, -0.2) is 35.9 Å². The molecule has 0 fully saturated rings. The number of benzene rings is 2. The minimum Gasteiger partial charge on any atom is -0.436 e. The lowest BCUT2D eigenvalue weighted by molar-refractivity contribution is 0.136. The van der Waals surface area contributed by atoms with Gasteiger partial charge >= 0.3 is 12.2 Å². The normalized spacial score (nSPS) is 12.0. The van der Waals surface area contributed by atoms with E-state index >= 15 is 0 Å². The molecule has 0 radical (unpaired) electrons. The van der Waals surface area contributed by atoms with Crippen LogP contribution in [0.3, 0.4) is 0 Å². The summed E-state index contributed by atoms with van der Waals surface area (Å²) >= 11 is 0. The first-order valence-corrected chi connectivity index (χ1v) is 12.4. The molecule has 2 N–H and O–H groups in total. The van der Waals surface area contributed by atoms with Crippen LogP contribution >= 0.6 is 0 Å². The molecule has 0 spiro atoms. The van der Waals surface area contributed by atoms with Crippen molar-refractivity contribution in [2.45, 2.75) is 36.7 Å². The molecule has 2 rings (SSSR count). The fraction of sp³-hybridized carbons (Fsp3) is 0.238. The van der Waals surface area contributed by atoms with E-state index in [0.29, 0.717) is 0 Å². The number of ether oxygens (including phenoxy) is 2. The summed E-state index contributed by atoms with van der Waals surface area (Å²) in [7, 11) is -8.20. The molecule has 0 aliphatic heterocycles. The molecule has 2 aromatic rings. The zero-order valence-electron chi connectivity index (χ0n) is 18.0. The Morgan fingerprint density at radius 1 is 0.818 bits per heavy atom. The van der Waals surface area contributed by atoms with Crippen LogP contribution in [0.5, 0.6) is 0 Å². The van der Waals surface area contributed by atoms with Crippen molar-refractivity contribution in [2.75, 3.05) is 6.61 Å². The van der Waals surface area contributed by atoms with Crippen molar-refractivity contribution in [1.29, 1.82) is 0 Å². The highest BCUT2D eigenvalue weighted by molar-refractivity contribution is 7.90. The number of sulfonamides is 2. The third kappa shape index (κ3) is 8.13. The van der Waals surface area contributed by atoms with Gasteiger partial charge in [0, 0.05) is 0 Å². The van der Waals surface area contributed by atoms with E-state index in [1.165, 1.54) is 31.2 Å². The number of carbonyl (C=O) groups excluding carboxylic acids is 2. The lowest BCUT2D eigenvalue weighted by Gasteiger charge is -2.10. The second kappa shape index (κ2) is 10.8. The molecule has 0 saturated heterocycles. The fourth-order valence-corrected chi connectivity index (χ4v) is 4.07. The van der Waals surface area contributed by atoms with Crippen LogP contribution in [0, 0.1) is 25.7 Å². The summed E-state index contributed by atoms with van der Waals surface area (Å²) in [4.78, 5) is 23.3. The van der Waals surface area contributed by atoms with Gasteiger partial charge in [0.2, 0.25) is 0 Å². The second-order valence-electron chi connectivity index (χ2n) is 6.78. The third-order valence-corrected chi connectivity index (χ3v) is 6.62. The molecule has 1 atom stereocenters. The summed E-state index contributed by atoms with van der Waals surface area (Å²) in [6.07, 6.45) is -3.51. The number of aryl methyl sites for hydroxylation is 2. The van der Waals surface area contributed by atoms with Gasteiger partial charge < -0.3 is 9.47 Å². The van der Waals surface area contributed by atoms with E-state index in [-0.39, 0.29) is 9.79 Å². The van der Waals surface area contributed by atoms with Gasteiger partial charge in [0.15, 0.2) is 12.7 Å². The predicted octanol–water partition coefficient (Wildman–Crippen LogP) is 2.23. The van der Waals surface area contributed by atoms with Gasteiger partial charge in [0.1, 0.15) is 0 Å². The van der Waals surface area contributed by atoms with Gasteiger partial charge in [0.25, 0.3) is 20.0 Å². The van der Waals surface area contributed by atoms with E-state index in [2.05, 4.69) is 16.6 Å². The average molecular weight is 495 g/mol. The summed E-state index contributed by atoms with van der Waals surface area (Å²) < 4.78 is 61.5. The van der Waals surface area contributed by atoms with Gasteiger partial charge in [-0.15, -0.1) is 0 Å². The lowest BCUT2D eigenvalue weighted by atomic mass is 10.2. The Bertz CT molecular complexity index is 1270. The Morgan fingerprint density at radius 2 is 1.24 bits per heavy atom. The number of amides is 2. The first-order chi connectivity index (χ1) is 15.4. The Kier molecular flexibility index (Phi) is 8.44. The van der Waals surface area contributed by atoms with Gasteiger partial charge in [-0.3, -0.25) is 0 Å². The van der Waals surface area contributed by atoms with E-state index in [9.17, 15) is 26.4 Å². The maximum Gasteiger partial charge on any atom is 0.422 e. The summed E-state index contributed by atoms with van der Waals surface area (Å²) in [5.74, 6) is 4.79. The first-order valence-electron chi connectivity index (χ1n) is 9.44. The topological polar surface area (TPSA) is 145 Å². The third-order valence-electron chi connectivity index (χ3n) is 3.96. The number of carbonyl (C=O) groups is 2. The van der Waals surface area contributed by atoms with Crippen molar-refractivity contribution in [3.63, 3.8) is 0 Å². The number of hydrogen-bond donors (Lipinski definition) is 2. The molecule has 0 saturated carbocycles. The molecule has 1 unspecified atom stereocenters. The molecular formula is C21H22N2O8S2. The van der Waals surface area contributed by atoms with E-state index in [0.717, 1.165) is 11.1 Å². The van der Waals surface area contributed by atoms with Crippen LogP contribution < -0.4 is 9.44 Å². The lowest BCUT2D eigenvalue weighted by Crippen LogP contribution is -2.33. The highest BCUT2D eigenvalue weighted by Gasteiger charge is 2.20. The molecule has 176 valence electrons. The van der Waals surface area contributed by atoms with E-state index in [4.69, 9.17) is 4.74 Å². The summed E-state index contributed by atoms with van der Waals surface area (Å²) in [6, 6.07) is 11.7. The summed E-state index contributed by atoms with van der Waals surface area (Å²) in [5.41, 5.74) is 1.70. The molecule has 0 heterocycles. The van der Waals surface area contributed by atoms with E-state index in [1.54, 1.807) is 47.6 Å². The summed E-state index contributed by atoms with van der Waals surface area (Å²) in [6.45, 7) is 4.45. The number of hydrogen-bond acceptors (Lipinski definition) is 8. The van der Waals surface area contributed by atoms with Crippen molar-refractivity contribution in [1.82, 2.24) is 9.44 Å². The molecule has 2 aromatic carbocycles. The molecule has 10 nitrogen and oxygen atoms in total. The van der Waals surface area contributed by atoms with Gasteiger partial charge in [-0.05, 0) is 45.0 Å². The molecule has 0 bridgehead atoms. The van der Waals surface area contributed by atoms with Crippen LogP contribution in [-0.2, 0) is 29.5 Å². The molecule has 2 amide bonds. The zero-order valence-corrected chi connectivity index (χ0v) is 19.6. The largest absolute Gasteiger partial charge is 0.436 e. The molecule has 0 aromatic heterocycles. The SMILES string of the molecule is Cc1ccc(S(=O)(=O)NC(=O)OCC#CC(C)OC(=O)NS(=O)(=O)c2ccc(C)cc2)cc1. The van der Waals surface area contributed by atoms with Crippen molar-refractivity contribution in [2.24, 2.45) is 0 Å². The quantitative estimate of drug-likeness (QED) is 0.582. The maximum absolute atomic E-state index is 12.1.